The molecule has 0 spiro atoms. The van der Waals surface area contributed by atoms with E-state index in [1.165, 1.54) is 0 Å². The Morgan fingerprint density at radius 2 is 2.12 bits per heavy atom. The average Bonchev–Trinajstić information content (AvgIpc) is 1.69. The van der Waals surface area contributed by atoms with Crippen LogP contribution in [0.4, 0.5) is 0 Å². The highest BCUT2D eigenvalue weighted by atomic mass is 16.3. The lowest BCUT2D eigenvalue weighted by Gasteiger charge is -2.13. The number of aliphatic hydroxyl groups excluding tert-OH is 2. The zero-order chi connectivity index (χ0) is 6.57. The normalized spacial score (nSPS) is 18.0. The number of aliphatic hydroxyl groups is 2. The van der Waals surface area contributed by atoms with Crippen LogP contribution in [-0.2, 0) is 0 Å². The van der Waals surface area contributed by atoms with Gasteiger partial charge in [-0.05, 0) is 6.42 Å². The molecule has 0 fully saturated rings. The molecular formula is C5H13NO2. The van der Waals surface area contributed by atoms with Gasteiger partial charge in [-0.1, -0.05) is 6.92 Å². The zero-order valence-corrected chi connectivity index (χ0v) is 5.04. The lowest BCUT2D eigenvalue weighted by Crippen LogP contribution is -2.31. The minimum Gasteiger partial charge on any atom is -0.396 e. The maximum Gasteiger partial charge on any atom is 0.107 e. The van der Waals surface area contributed by atoms with E-state index in [1.54, 1.807) is 0 Å². The van der Waals surface area contributed by atoms with Gasteiger partial charge >= 0.3 is 0 Å². The van der Waals surface area contributed by atoms with E-state index in [4.69, 9.17) is 15.9 Å². The van der Waals surface area contributed by atoms with Crippen LogP contribution in [0.2, 0.25) is 0 Å². The van der Waals surface area contributed by atoms with Crippen molar-refractivity contribution in [3.63, 3.8) is 0 Å². The van der Waals surface area contributed by atoms with E-state index in [1.807, 2.05) is 6.92 Å². The molecule has 0 radical (unpaired) electrons. The predicted molar refractivity (Wildman–Crippen MR) is 31.1 cm³/mol. The van der Waals surface area contributed by atoms with Gasteiger partial charge in [0.05, 0.1) is 0 Å². The highest BCUT2D eigenvalue weighted by Crippen LogP contribution is 2.01. The first-order chi connectivity index (χ1) is 3.72. The third kappa shape index (κ3) is 2.26. The molecule has 2 atom stereocenters. The van der Waals surface area contributed by atoms with E-state index in [-0.39, 0.29) is 12.5 Å². The minimum atomic E-state index is -0.870. The second-order valence-corrected chi connectivity index (χ2v) is 1.84. The molecule has 3 heteroatoms. The molecule has 2 unspecified atom stereocenters. The molecule has 8 heavy (non-hydrogen) atoms. The summed E-state index contributed by atoms with van der Waals surface area (Å²) in [6.45, 7) is 1.84. The summed E-state index contributed by atoms with van der Waals surface area (Å²) >= 11 is 0. The van der Waals surface area contributed by atoms with Gasteiger partial charge in [-0.2, -0.15) is 0 Å². The molecule has 0 heterocycles. The van der Waals surface area contributed by atoms with Crippen molar-refractivity contribution in [1.29, 1.82) is 0 Å². The van der Waals surface area contributed by atoms with Crippen molar-refractivity contribution in [3.8, 4) is 0 Å². The van der Waals surface area contributed by atoms with E-state index < -0.39 is 6.23 Å². The standard InChI is InChI=1S/C5H13NO2/c1-2-4(3-7)5(6)8/h4-5,7-8H,2-3,6H2,1H3. The molecule has 50 valence electrons. The van der Waals surface area contributed by atoms with Crippen molar-refractivity contribution < 1.29 is 10.2 Å². The van der Waals surface area contributed by atoms with Crippen LogP contribution in [0, 0.1) is 5.92 Å². The molecule has 0 aromatic heterocycles. The summed E-state index contributed by atoms with van der Waals surface area (Å²) in [5.74, 6) is -0.157. The van der Waals surface area contributed by atoms with E-state index in [9.17, 15) is 0 Å². The highest BCUT2D eigenvalue weighted by Gasteiger charge is 2.09. The Hall–Kier alpha value is -0.120. The maximum atomic E-state index is 8.63. The van der Waals surface area contributed by atoms with Crippen LogP contribution in [-0.4, -0.2) is 23.0 Å². The summed E-state index contributed by atoms with van der Waals surface area (Å²) in [5, 5.41) is 17.1. The Bertz CT molecular complexity index is 52.4. The van der Waals surface area contributed by atoms with E-state index in [0.29, 0.717) is 6.42 Å². The smallest absolute Gasteiger partial charge is 0.107 e. The fourth-order valence-electron chi connectivity index (χ4n) is 0.479. The van der Waals surface area contributed by atoms with Crippen molar-refractivity contribution in [1.82, 2.24) is 0 Å². The Kier molecular flexibility index (Phi) is 3.77. The highest BCUT2D eigenvalue weighted by molar-refractivity contribution is 4.58. The monoisotopic (exact) mass is 119 g/mol. The van der Waals surface area contributed by atoms with Crippen molar-refractivity contribution in [2.75, 3.05) is 6.61 Å². The fraction of sp³-hybridized carbons (Fsp3) is 1.00. The number of hydrogen-bond acceptors (Lipinski definition) is 3. The van der Waals surface area contributed by atoms with Gasteiger partial charge in [-0.3, -0.25) is 0 Å². The fourth-order valence-corrected chi connectivity index (χ4v) is 0.479. The summed E-state index contributed by atoms with van der Waals surface area (Å²) in [5.41, 5.74) is 5.05. The molecule has 0 saturated heterocycles. The van der Waals surface area contributed by atoms with Gasteiger partial charge in [-0.25, -0.2) is 0 Å². The Morgan fingerprint density at radius 3 is 2.12 bits per heavy atom. The van der Waals surface area contributed by atoms with Gasteiger partial charge in [0.2, 0.25) is 0 Å². The van der Waals surface area contributed by atoms with E-state index in [2.05, 4.69) is 0 Å². The van der Waals surface area contributed by atoms with Gasteiger partial charge in [0, 0.05) is 12.5 Å². The van der Waals surface area contributed by atoms with Gasteiger partial charge in [0.1, 0.15) is 6.23 Å². The molecule has 0 amide bonds. The summed E-state index contributed by atoms with van der Waals surface area (Å²) in [7, 11) is 0. The van der Waals surface area contributed by atoms with Crippen LogP contribution in [0.15, 0.2) is 0 Å². The number of hydrogen-bond donors (Lipinski definition) is 3. The van der Waals surface area contributed by atoms with Crippen LogP contribution in [0.3, 0.4) is 0 Å². The van der Waals surface area contributed by atoms with Gasteiger partial charge in [0.25, 0.3) is 0 Å². The molecule has 0 rings (SSSR count). The summed E-state index contributed by atoms with van der Waals surface area (Å²) in [6.07, 6.45) is -0.154. The number of rotatable bonds is 3. The number of nitrogens with two attached hydrogens (primary N) is 1. The summed E-state index contributed by atoms with van der Waals surface area (Å²) in [4.78, 5) is 0. The van der Waals surface area contributed by atoms with Crippen molar-refractivity contribution in [2.45, 2.75) is 19.6 Å². The van der Waals surface area contributed by atoms with Gasteiger partial charge < -0.3 is 15.9 Å². The molecule has 0 aromatic rings. The van der Waals surface area contributed by atoms with Gasteiger partial charge in [0.15, 0.2) is 0 Å². The SMILES string of the molecule is CCC(CO)C(N)O. The largest absolute Gasteiger partial charge is 0.396 e. The second kappa shape index (κ2) is 3.83. The minimum absolute atomic E-state index is 0.0336. The molecule has 0 bridgehead atoms. The topological polar surface area (TPSA) is 66.5 Å². The zero-order valence-electron chi connectivity index (χ0n) is 5.04. The van der Waals surface area contributed by atoms with Gasteiger partial charge in [-0.15, -0.1) is 0 Å². The van der Waals surface area contributed by atoms with Crippen LogP contribution >= 0.6 is 0 Å². The Morgan fingerprint density at radius 1 is 1.62 bits per heavy atom. The van der Waals surface area contributed by atoms with Crippen molar-refractivity contribution in [2.24, 2.45) is 11.7 Å². The molecule has 4 N–H and O–H groups in total. The predicted octanol–water partition coefficient (Wildman–Crippen LogP) is -0.718. The third-order valence-electron chi connectivity index (χ3n) is 1.24. The molecule has 0 aliphatic heterocycles. The molecule has 0 aromatic carbocycles. The summed E-state index contributed by atoms with van der Waals surface area (Å²) in [6, 6.07) is 0. The molecule has 3 nitrogen and oxygen atoms in total. The quantitative estimate of drug-likeness (QED) is 0.430. The molecule has 0 aliphatic rings. The first-order valence-electron chi connectivity index (χ1n) is 2.76. The Labute approximate surface area is 49.1 Å². The maximum absolute atomic E-state index is 8.63. The van der Waals surface area contributed by atoms with E-state index in [0.717, 1.165) is 0 Å². The lowest BCUT2D eigenvalue weighted by molar-refractivity contribution is 0.0700. The molecular weight excluding hydrogens is 106 g/mol. The van der Waals surface area contributed by atoms with Crippen LogP contribution in [0.25, 0.3) is 0 Å². The van der Waals surface area contributed by atoms with Crippen molar-refractivity contribution in [3.05, 3.63) is 0 Å². The average molecular weight is 119 g/mol. The molecule has 0 saturated carbocycles. The van der Waals surface area contributed by atoms with Crippen LogP contribution in [0.5, 0.6) is 0 Å². The molecule has 0 aliphatic carbocycles. The first kappa shape index (κ1) is 7.88. The van der Waals surface area contributed by atoms with E-state index >= 15 is 0 Å². The Balaban J connectivity index is 3.35. The second-order valence-electron chi connectivity index (χ2n) is 1.84. The summed E-state index contributed by atoms with van der Waals surface area (Å²) < 4.78 is 0. The third-order valence-corrected chi connectivity index (χ3v) is 1.24. The van der Waals surface area contributed by atoms with Crippen molar-refractivity contribution >= 4 is 0 Å². The first-order valence-corrected chi connectivity index (χ1v) is 2.76. The van der Waals surface area contributed by atoms with Crippen LogP contribution < -0.4 is 5.73 Å². The lowest BCUT2D eigenvalue weighted by atomic mass is 10.1. The van der Waals surface area contributed by atoms with Crippen LogP contribution in [0.1, 0.15) is 13.3 Å².